The van der Waals surface area contributed by atoms with Crippen LogP contribution in [0.15, 0.2) is 6.07 Å². The van der Waals surface area contributed by atoms with E-state index < -0.39 is 6.04 Å². The first-order chi connectivity index (χ1) is 8.45. The number of amides is 1. The van der Waals surface area contributed by atoms with E-state index in [0.717, 1.165) is 6.42 Å². The Morgan fingerprint density at radius 1 is 1.39 bits per heavy atom. The normalized spacial score (nSPS) is 12.1. The molecule has 0 aliphatic rings. The summed E-state index contributed by atoms with van der Waals surface area (Å²) in [5.74, 6) is 0.214. The summed E-state index contributed by atoms with van der Waals surface area (Å²) >= 11 is 17.5. The number of carbonyl (C=O) groups is 1. The summed E-state index contributed by atoms with van der Waals surface area (Å²) in [4.78, 5) is 15.7. The summed E-state index contributed by atoms with van der Waals surface area (Å²) in [6.45, 7) is 4.33. The van der Waals surface area contributed by atoms with Gasteiger partial charge in [-0.25, -0.2) is 4.98 Å². The lowest BCUT2D eigenvalue weighted by Crippen LogP contribution is -2.38. The van der Waals surface area contributed by atoms with Gasteiger partial charge in [-0.1, -0.05) is 41.7 Å². The first-order valence-electron chi connectivity index (χ1n) is 5.51. The van der Waals surface area contributed by atoms with E-state index in [1.165, 1.54) is 6.07 Å². The number of hydrogen-bond donors (Lipinski definition) is 2. The van der Waals surface area contributed by atoms with Crippen molar-refractivity contribution in [1.82, 2.24) is 10.3 Å². The smallest absolute Gasteiger partial charge is 0.242 e. The number of rotatable bonds is 5. The molecule has 1 amide bonds. The third kappa shape index (κ3) is 4.19. The van der Waals surface area contributed by atoms with Gasteiger partial charge in [-0.2, -0.15) is 0 Å². The van der Waals surface area contributed by atoms with Crippen LogP contribution in [0.3, 0.4) is 0 Å². The number of nitrogens with one attached hydrogen (secondary N) is 2. The zero-order chi connectivity index (χ0) is 13.7. The van der Waals surface area contributed by atoms with Crippen LogP contribution in [0.1, 0.15) is 20.3 Å². The van der Waals surface area contributed by atoms with Crippen LogP contribution in [0.2, 0.25) is 15.2 Å². The molecular formula is C11H14Cl3N3O. The van der Waals surface area contributed by atoms with Crippen LogP contribution in [0.5, 0.6) is 0 Å². The molecule has 0 saturated carbocycles. The molecule has 4 nitrogen and oxygen atoms in total. The van der Waals surface area contributed by atoms with Crippen LogP contribution in [-0.4, -0.2) is 23.5 Å². The van der Waals surface area contributed by atoms with Gasteiger partial charge in [-0.3, -0.25) is 4.79 Å². The van der Waals surface area contributed by atoms with Gasteiger partial charge in [0.05, 0.1) is 10.0 Å². The van der Waals surface area contributed by atoms with Crippen LogP contribution in [0.25, 0.3) is 0 Å². The van der Waals surface area contributed by atoms with Crippen molar-refractivity contribution in [3.8, 4) is 0 Å². The first-order valence-corrected chi connectivity index (χ1v) is 6.64. The van der Waals surface area contributed by atoms with E-state index in [9.17, 15) is 4.79 Å². The fourth-order valence-corrected chi connectivity index (χ4v) is 1.77. The van der Waals surface area contributed by atoms with Crippen molar-refractivity contribution in [3.05, 3.63) is 21.3 Å². The SMILES string of the molecule is CCCNC(=O)C(C)Nc1nc(Cl)c(Cl)cc1Cl. The highest BCUT2D eigenvalue weighted by Gasteiger charge is 2.15. The molecule has 0 saturated heterocycles. The molecule has 0 aliphatic heterocycles. The van der Waals surface area contributed by atoms with E-state index >= 15 is 0 Å². The molecule has 1 unspecified atom stereocenters. The maximum Gasteiger partial charge on any atom is 0.242 e. The summed E-state index contributed by atoms with van der Waals surface area (Å²) < 4.78 is 0. The van der Waals surface area contributed by atoms with E-state index in [1.54, 1.807) is 6.92 Å². The van der Waals surface area contributed by atoms with Crippen molar-refractivity contribution in [3.63, 3.8) is 0 Å². The summed E-state index contributed by atoms with van der Waals surface area (Å²) in [5.41, 5.74) is 0. The molecule has 1 heterocycles. The van der Waals surface area contributed by atoms with Gasteiger partial charge in [0.25, 0.3) is 0 Å². The average Bonchev–Trinajstić information content (AvgIpc) is 2.32. The van der Waals surface area contributed by atoms with Gasteiger partial charge in [-0.05, 0) is 19.4 Å². The lowest BCUT2D eigenvalue weighted by molar-refractivity contribution is -0.121. The fraction of sp³-hybridized carbons (Fsp3) is 0.455. The number of hydrogen-bond acceptors (Lipinski definition) is 3. The number of halogens is 3. The number of anilines is 1. The molecule has 0 aromatic carbocycles. The van der Waals surface area contributed by atoms with E-state index in [-0.39, 0.29) is 16.1 Å². The predicted molar refractivity (Wildman–Crippen MR) is 75.7 cm³/mol. The fourth-order valence-electron chi connectivity index (χ4n) is 1.22. The van der Waals surface area contributed by atoms with Gasteiger partial charge in [0.2, 0.25) is 5.91 Å². The summed E-state index contributed by atoms with van der Waals surface area (Å²) in [6, 6.07) is 1.02. The Morgan fingerprint density at radius 2 is 2.06 bits per heavy atom. The highest BCUT2D eigenvalue weighted by Crippen LogP contribution is 2.29. The molecular weight excluding hydrogens is 296 g/mol. The topological polar surface area (TPSA) is 54.0 Å². The predicted octanol–water partition coefficient (Wildman–Crippen LogP) is 3.37. The Kier molecular flexibility index (Phi) is 5.99. The molecule has 100 valence electrons. The van der Waals surface area contributed by atoms with E-state index in [2.05, 4.69) is 15.6 Å². The highest BCUT2D eigenvalue weighted by atomic mass is 35.5. The van der Waals surface area contributed by atoms with Crippen LogP contribution in [-0.2, 0) is 4.79 Å². The number of carbonyl (C=O) groups excluding carboxylic acids is 1. The van der Waals surface area contributed by atoms with Gasteiger partial charge in [0, 0.05) is 6.54 Å². The molecule has 0 bridgehead atoms. The average molecular weight is 311 g/mol. The molecule has 0 spiro atoms. The molecule has 1 aromatic rings. The maximum absolute atomic E-state index is 11.7. The highest BCUT2D eigenvalue weighted by molar-refractivity contribution is 6.42. The van der Waals surface area contributed by atoms with Crippen molar-refractivity contribution >= 4 is 46.5 Å². The lowest BCUT2D eigenvalue weighted by atomic mass is 10.3. The van der Waals surface area contributed by atoms with Crippen LogP contribution >= 0.6 is 34.8 Å². The Hall–Kier alpha value is -0.710. The second-order valence-electron chi connectivity index (χ2n) is 3.75. The van der Waals surface area contributed by atoms with Gasteiger partial charge in [0.15, 0.2) is 0 Å². The van der Waals surface area contributed by atoms with Crippen molar-refractivity contribution in [2.45, 2.75) is 26.3 Å². The standard InChI is InChI=1S/C11H14Cl3N3O/c1-3-4-15-11(18)6(2)16-10-8(13)5-7(12)9(14)17-10/h5-6H,3-4H2,1-2H3,(H,15,18)(H,16,17). The Balaban J connectivity index is 2.72. The number of nitrogens with zero attached hydrogens (tertiary/aromatic N) is 1. The zero-order valence-corrected chi connectivity index (χ0v) is 12.3. The zero-order valence-electron chi connectivity index (χ0n) is 10.1. The van der Waals surface area contributed by atoms with Crippen molar-refractivity contribution in [2.24, 2.45) is 0 Å². The molecule has 2 N–H and O–H groups in total. The monoisotopic (exact) mass is 309 g/mol. The van der Waals surface area contributed by atoms with Crippen molar-refractivity contribution in [1.29, 1.82) is 0 Å². The summed E-state index contributed by atoms with van der Waals surface area (Å²) in [6.07, 6.45) is 0.879. The Morgan fingerprint density at radius 3 is 2.67 bits per heavy atom. The maximum atomic E-state index is 11.7. The van der Waals surface area contributed by atoms with Gasteiger partial charge >= 0.3 is 0 Å². The molecule has 7 heteroatoms. The van der Waals surface area contributed by atoms with E-state index in [4.69, 9.17) is 34.8 Å². The van der Waals surface area contributed by atoms with E-state index in [0.29, 0.717) is 17.4 Å². The third-order valence-corrected chi connectivity index (χ3v) is 3.14. The minimum atomic E-state index is -0.459. The van der Waals surface area contributed by atoms with Crippen LogP contribution in [0.4, 0.5) is 5.82 Å². The quantitative estimate of drug-likeness (QED) is 0.820. The first kappa shape index (κ1) is 15.3. The van der Waals surface area contributed by atoms with Crippen LogP contribution in [0, 0.1) is 0 Å². The molecule has 18 heavy (non-hydrogen) atoms. The van der Waals surface area contributed by atoms with Crippen molar-refractivity contribution < 1.29 is 4.79 Å². The molecule has 1 rings (SSSR count). The molecule has 0 radical (unpaired) electrons. The lowest BCUT2D eigenvalue weighted by Gasteiger charge is -2.15. The van der Waals surface area contributed by atoms with Gasteiger partial charge in [-0.15, -0.1) is 0 Å². The van der Waals surface area contributed by atoms with E-state index in [1.807, 2.05) is 6.92 Å². The second-order valence-corrected chi connectivity index (χ2v) is 4.92. The van der Waals surface area contributed by atoms with Crippen LogP contribution < -0.4 is 10.6 Å². The molecule has 0 aliphatic carbocycles. The van der Waals surface area contributed by atoms with Gasteiger partial charge in [0.1, 0.15) is 17.0 Å². The van der Waals surface area contributed by atoms with Crippen molar-refractivity contribution in [2.75, 3.05) is 11.9 Å². The van der Waals surface area contributed by atoms with Gasteiger partial charge < -0.3 is 10.6 Å². The summed E-state index contributed by atoms with van der Waals surface area (Å²) in [7, 11) is 0. The third-order valence-electron chi connectivity index (χ3n) is 2.18. The number of aromatic nitrogens is 1. The summed E-state index contributed by atoms with van der Waals surface area (Å²) in [5, 5.41) is 6.39. The minimum Gasteiger partial charge on any atom is -0.357 e. The largest absolute Gasteiger partial charge is 0.357 e. The Bertz CT molecular complexity index is 440. The minimum absolute atomic E-state index is 0.124. The molecule has 1 aromatic heterocycles. The second kappa shape index (κ2) is 7.02. The molecule has 0 fully saturated rings. The molecule has 1 atom stereocenters. The number of pyridine rings is 1. The Labute approximate surface area is 121 Å².